The van der Waals surface area contributed by atoms with Gasteiger partial charge >= 0.3 is 0 Å². The van der Waals surface area contributed by atoms with Crippen LogP contribution in [0.5, 0.6) is 0 Å². The molecule has 88 valence electrons. The molecule has 0 spiro atoms. The lowest BCUT2D eigenvalue weighted by Gasteiger charge is -2.37. The highest BCUT2D eigenvalue weighted by Gasteiger charge is 2.28. The van der Waals surface area contributed by atoms with Gasteiger partial charge in [-0.05, 0) is 5.53 Å². The molecule has 2 heterocycles. The predicted octanol–water partition coefficient (Wildman–Crippen LogP) is -0.160. The molecule has 0 unspecified atom stereocenters. The van der Waals surface area contributed by atoms with E-state index in [1.165, 1.54) is 0 Å². The van der Waals surface area contributed by atoms with Crippen LogP contribution in [-0.2, 0) is 9.53 Å². The molecule has 2 aliphatic rings. The molecule has 7 nitrogen and oxygen atoms in total. The first-order valence-electron chi connectivity index (χ1n) is 5.41. The first-order valence-corrected chi connectivity index (χ1v) is 5.41. The number of azide groups is 1. The molecule has 2 saturated heterocycles. The molecule has 0 atom stereocenters. The number of rotatable bonds is 3. The molecule has 2 aliphatic heterocycles. The molecule has 7 heteroatoms. The zero-order chi connectivity index (χ0) is 11.4. The van der Waals surface area contributed by atoms with Crippen molar-refractivity contribution in [1.82, 2.24) is 9.80 Å². The van der Waals surface area contributed by atoms with Gasteiger partial charge in [-0.3, -0.25) is 9.69 Å². The lowest BCUT2D eigenvalue weighted by molar-refractivity contribution is -0.137. The summed E-state index contributed by atoms with van der Waals surface area (Å²) in [4.78, 5) is 18.4. The Labute approximate surface area is 93.6 Å². The van der Waals surface area contributed by atoms with Gasteiger partial charge in [0.05, 0.1) is 25.8 Å². The SMILES string of the molecule is [N-]=[N+]=NC1CN(CC(=O)N2CCOCC2)C1. The van der Waals surface area contributed by atoms with Crippen LogP contribution in [0.2, 0.25) is 0 Å². The van der Waals surface area contributed by atoms with Crippen molar-refractivity contribution in [3.05, 3.63) is 10.4 Å². The van der Waals surface area contributed by atoms with Crippen LogP contribution in [0.4, 0.5) is 0 Å². The van der Waals surface area contributed by atoms with E-state index in [0.29, 0.717) is 45.9 Å². The fourth-order valence-electron chi connectivity index (χ4n) is 1.92. The number of likely N-dealkylation sites (tertiary alicyclic amines) is 1. The third-order valence-corrected chi connectivity index (χ3v) is 2.88. The highest BCUT2D eigenvalue weighted by atomic mass is 16.5. The van der Waals surface area contributed by atoms with Gasteiger partial charge in [-0.15, -0.1) is 0 Å². The van der Waals surface area contributed by atoms with E-state index in [0.717, 1.165) is 0 Å². The predicted molar refractivity (Wildman–Crippen MR) is 56.8 cm³/mol. The number of hydrogen-bond donors (Lipinski definition) is 0. The van der Waals surface area contributed by atoms with Crippen molar-refractivity contribution in [2.24, 2.45) is 5.11 Å². The zero-order valence-corrected chi connectivity index (χ0v) is 9.08. The van der Waals surface area contributed by atoms with Crippen molar-refractivity contribution in [3.63, 3.8) is 0 Å². The van der Waals surface area contributed by atoms with E-state index < -0.39 is 0 Å². The maximum Gasteiger partial charge on any atom is 0.236 e. The van der Waals surface area contributed by atoms with Crippen molar-refractivity contribution in [2.75, 3.05) is 45.9 Å². The van der Waals surface area contributed by atoms with Gasteiger partial charge in [0.2, 0.25) is 5.91 Å². The van der Waals surface area contributed by atoms with E-state index in [1.54, 1.807) is 0 Å². The minimum absolute atomic E-state index is 0.0440. The van der Waals surface area contributed by atoms with Gasteiger partial charge in [0, 0.05) is 31.1 Å². The third-order valence-electron chi connectivity index (χ3n) is 2.88. The highest BCUT2D eigenvalue weighted by molar-refractivity contribution is 5.78. The van der Waals surface area contributed by atoms with E-state index in [-0.39, 0.29) is 11.9 Å². The van der Waals surface area contributed by atoms with Gasteiger partial charge in [-0.2, -0.15) is 0 Å². The van der Waals surface area contributed by atoms with Crippen molar-refractivity contribution in [3.8, 4) is 0 Å². The van der Waals surface area contributed by atoms with E-state index >= 15 is 0 Å². The number of ether oxygens (including phenoxy) is 1. The largest absolute Gasteiger partial charge is 0.378 e. The van der Waals surface area contributed by atoms with Gasteiger partial charge in [-0.25, -0.2) is 0 Å². The molecular weight excluding hydrogens is 210 g/mol. The molecule has 1 amide bonds. The fourth-order valence-corrected chi connectivity index (χ4v) is 1.92. The minimum atomic E-state index is 0.0440. The smallest absolute Gasteiger partial charge is 0.236 e. The van der Waals surface area contributed by atoms with Crippen LogP contribution in [0.3, 0.4) is 0 Å². The van der Waals surface area contributed by atoms with E-state index in [1.807, 2.05) is 9.80 Å². The Morgan fingerprint density at radius 1 is 1.44 bits per heavy atom. The Morgan fingerprint density at radius 3 is 2.75 bits per heavy atom. The maximum atomic E-state index is 11.8. The fraction of sp³-hybridized carbons (Fsp3) is 0.889. The Kier molecular flexibility index (Phi) is 3.61. The van der Waals surface area contributed by atoms with Crippen LogP contribution < -0.4 is 0 Å². The number of nitrogens with zero attached hydrogens (tertiary/aromatic N) is 5. The molecule has 0 saturated carbocycles. The van der Waals surface area contributed by atoms with Crippen LogP contribution in [-0.4, -0.2) is 67.7 Å². The summed E-state index contributed by atoms with van der Waals surface area (Å²) in [5.41, 5.74) is 8.22. The number of carbonyl (C=O) groups is 1. The lowest BCUT2D eigenvalue weighted by atomic mass is 10.1. The minimum Gasteiger partial charge on any atom is -0.378 e. The molecule has 0 N–H and O–H groups in total. The molecule has 0 radical (unpaired) electrons. The number of amides is 1. The molecule has 0 aromatic heterocycles. The monoisotopic (exact) mass is 225 g/mol. The summed E-state index contributed by atoms with van der Waals surface area (Å²) < 4.78 is 5.18. The van der Waals surface area contributed by atoms with Crippen molar-refractivity contribution in [1.29, 1.82) is 0 Å². The van der Waals surface area contributed by atoms with Crippen LogP contribution in [0.25, 0.3) is 10.4 Å². The van der Waals surface area contributed by atoms with Gasteiger partial charge in [0.15, 0.2) is 0 Å². The van der Waals surface area contributed by atoms with Gasteiger partial charge in [-0.1, -0.05) is 5.11 Å². The summed E-state index contributed by atoms with van der Waals surface area (Å²) in [7, 11) is 0. The average molecular weight is 225 g/mol. The second-order valence-corrected chi connectivity index (χ2v) is 4.05. The molecule has 2 rings (SSSR count). The van der Waals surface area contributed by atoms with Crippen molar-refractivity contribution < 1.29 is 9.53 Å². The highest BCUT2D eigenvalue weighted by Crippen LogP contribution is 2.11. The van der Waals surface area contributed by atoms with Crippen LogP contribution in [0.1, 0.15) is 0 Å². The summed E-state index contributed by atoms with van der Waals surface area (Å²) in [5, 5.41) is 3.59. The lowest BCUT2D eigenvalue weighted by Crippen LogP contribution is -2.54. The molecule has 16 heavy (non-hydrogen) atoms. The molecule has 0 aromatic carbocycles. The molecule has 2 fully saturated rings. The molecule has 0 bridgehead atoms. The second kappa shape index (κ2) is 5.16. The Morgan fingerprint density at radius 2 is 2.12 bits per heavy atom. The summed E-state index contributed by atoms with van der Waals surface area (Å²) in [5.74, 6) is 0.141. The second-order valence-electron chi connectivity index (χ2n) is 4.05. The van der Waals surface area contributed by atoms with E-state index in [9.17, 15) is 4.79 Å². The summed E-state index contributed by atoms with van der Waals surface area (Å²) in [6.07, 6.45) is 0. The zero-order valence-electron chi connectivity index (χ0n) is 9.08. The molecule has 0 aromatic rings. The molecule has 0 aliphatic carbocycles. The average Bonchev–Trinajstić information content (AvgIpc) is 2.27. The van der Waals surface area contributed by atoms with Gasteiger partial charge in [0.1, 0.15) is 0 Å². The third kappa shape index (κ3) is 2.63. The topological polar surface area (TPSA) is 81.5 Å². The van der Waals surface area contributed by atoms with E-state index in [4.69, 9.17) is 10.3 Å². The number of hydrogen-bond acceptors (Lipinski definition) is 4. The maximum absolute atomic E-state index is 11.8. The Hall–Kier alpha value is -1.30. The standard InChI is InChI=1S/C9H15N5O2/c10-12-11-8-5-13(6-8)7-9(15)14-1-3-16-4-2-14/h8H,1-7H2. The van der Waals surface area contributed by atoms with Gasteiger partial charge < -0.3 is 9.64 Å². The first-order chi connectivity index (χ1) is 7.79. The quantitative estimate of drug-likeness (QED) is 0.380. The Bertz CT molecular complexity index is 303. The van der Waals surface area contributed by atoms with Crippen molar-refractivity contribution >= 4 is 5.91 Å². The number of carbonyl (C=O) groups excluding carboxylic acids is 1. The Balaban J connectivity index is 1.70. The van der Waals surface area contributed by atoms with Crippen molar-refractivity contribution in [2.45, 2.75) is 6.04 Å². The summed E-state index contributed by atoms with van der Waals surface area (Å²) in [6, 6.07) is 0.0440. The van der Waals surface area contributed by atoms with E-state index in [2.05, 4.69) is 10.0 Å². The number of morpholine rings is 1. The van der Waals surface area contributed by atoms with Crippen LogP contribution in [0, 0.1) is 0 Å². The van der Waals surface area contributed by atoms with Crippen LogP contribution >= 0.6 is 0 Å². The summed E-state index contributed by atoms with van der Waals surface area (Å²) >= 11 is 0. The van der Waals surface area contributed by atoms with Crippen LogP contribution in [0.15, 0.2) is 5.11 Å². The summed E-state index contributed by atoms with van der Waals surface area (Å²) in [6.45, 7) is 4.46. The normalized spacial score (nSPS) is 22.4. The molecular formula is C9H15N5O2. The van der Waals surface area contributed by atoms with Gasteiger partial charge in [0.25, 0.3) is 0 Å². The first kappa shape index (κ1) is 11.2.